The Bertz CT molecular complexity index is 439. The Labute approximate surface area is 111 Å². The van der Waals surface area contributed by atoms with Gasteiger partial charge in [0.1, 0.15) is 5.75 Å². The second kappa shape index (κ2) is 5.31. The van der Waals surface area contributed by atoms with Gasteiger partial charge < -0.3 is 10.1 Å². The number of aryl methyl sites for hydroxylation is 1. The van der Waals surface area contributed by atoms with Gasteiger partial charge in [-0.1, -0.05) is 19.9 Å². The van der Waals surface area contributed by atoms with Gasteiger partial charge in [-0.2, -0.15) is 0 Å². The van der Waals surface area contributed by atoms with Crippen molar-refractivity contribution in [3.63, 3.8) is 0 Å². The average molecular weight is 247 g/mol. The number of ether oxygens (including phenoxy) is 1. The van der Waals surface area contributed by atoms with Crippen molar-refractivity contribution >= 4 is 0 Å². The van der Waals surface area contributed by atoms with E-state index in [-0.39, 0.29) is 0 Å². The fraction of sp³-hybridized carbons (Fsp3) is 0.625. The van der Waals surface area contributed by atoms with Gasteiger partial charge >= 0.3 is 0 Å². The number of hydrogen-bond donors (Lipinski definition) is 1. The molecule has 2 atom stereocenters. The third-order valence-corrected chi connectivity index (χ3v) is 4.21. The summed E-state index contributed by atoms with van der Waals surface area (Å²) in [6.07, 6.45) is 2.50. The van der Waals surface area contributed by atoms with E-state index in [0.717, 1.165) is 12.3 Å². The molecule has 1 aromatic carbocycles. The largest absolute Gasteiger partial charge is 0.496 e. The highest BCUT2D eigenvalue weighted by Crippen LogP contribution is 2.43. The first-order chi connectivity index (χ1) is 8.60. The molecule has 1 aliphatic carbocycles. The van der Waals surface area contributed by atoms with Crippen LogP contribution in [0, 0.1) is 13.8 Å². The Morgan fingerprint density at radius 1 is 1.33 bits per heavy atom. The molecule has 2 heteroatoms. The lowest BCUT2D eigenvalue weighted by atomic mass is 9.78. The molecule has 0 amide bonds. The van der Waals surface area contributed by atoms with Gasteiger partial charge in [0, 0.05) is 6.04 Å². The standard InChI is InChI=1S/C16H25NO/c1-6-17-14-8-7-10(2)13-9-11(3)16(18-5)12(4)15(13)14/h9-10,14,17H,6-8H2,1-5H3. The Kier molecular flexibility index (Phi) is 3.96. The Morgan fingerprint density at radius 2 is 2.06 bits per heavy atom. The first-order valence-electron chi connectivity index (χ1n) is 7.01. The summed E-state index contributed by atoms with van der Waals surface area (Å²) in [6, 6.07) is 2.82. The van der Waals surface area contributed by atoms with Crippen LogP contribution in [-0.4, -0.2) is 13.7 Å². The third-order valence-electron chi connectivity index (χ3n) is 4.21. The Balaban J connectivity index is 2.57. The third kappa shape index (κ3) is 2.14. The maximum atomic E-state index is 5.58. The van der Waals surface area contributed by atoms with Crippen LogP contribution in [0.25, 0.3) is 0 Å². The minimum atomic E-state index is 0.496. The van der Waals surface area contributed by atoms with Crippen molar-refractivity contribution in [3.05, 3.63) is 28.3 Å². The van der Waals surface area contributed by atoms with Crippen molar-refractivity contribution in [3.8, 4) is 5.75 Å². The molecule has 2 rings (SSSR count). The van der Waals surface area contributed by atoms with Crippen LogP contribution in [0.15, 0.2) is 6.07 Å². The molecule has 0 aromatic heterocycles. The van der Waals surface area contributed by atoms with Crippen molar-refractivity contribution in [2.24, 2.45) is 0 Å². The fourth-order valence-electron chi connectivity index (χ4n) is 3.36. The van der Waals surface area contributed by atoms with Crippen LogP contribution in [0.2, 0.25) is 0 Å². The molecule has 2 unspecified atom stereocenters. The molecule has 1 N–H and O–H groups in total. The monoisotopic (exact) mass is 247 g/mol. The molecule has 0 saturated carbocycles. The minimum Gasteiger partial charge on any atom is -0.496 e. The van der Waals surface area contributed by atoms with Gasteiger partial charge in [0.15, 0.2) is 0 Å². The van der Waals surface area contributed by atoms with Gasteiger partial charge in [-0.25, -0.2) is 0 Å². The van der Waals surface area contributed by atoms with Crippen molar-refractivity contribution in [2.45, 2.75) is 52.5 Å². The number of hydrogen-bond acceptors (Lipinski definition) is 2. The van der Waals surface area contributed by atoms with Gasteiger partial charge in [0.2, 0.25) is 0 Å². The SMILES string of the molecule is CCNC1CCC(C)c2cc(C)c(OC)c(C)c21. The van der Waals surface area contributed by atoms with E-state index in [1.807, 2.05) is 0 Å². The number of nitrogens with one attached hydrogen (secondary N) is 1. The first-order valence-corrected chi connectivity index (χ1v) is 7.01. The normalized spacial score (nSPS) is 22.7. The molecule has 0 saturated heterocycles. The predicted molar refractivity (Wildman–Crippen MR) is 76.5 cm³/mol. The van der Waals surface area contributed by atoms with Gasteiger partial charge in [0.25, 0.3) is 0 Å². The highest BCUT2D eigenvalue weighted by molar-refractivity contribution is 5.52. The summed E-state index contributed by atoms with van der Waals surface area (Å²) in [5, 5.41) is 3.62. The molecule has 0 bridgehead atoms. The van der Waals surface area contributed by atoms with Crippen molar-refractivity contribution in [1.29, 1.82) is 0 Å². The molecule has 0 aliphatic heterocycles. The van der Waals surface area contributed by atoms with Crippen molar-refractivity contribution in [1.82, 2.24) is 5.32 Å². The van der Waals surface area contributed by atoms with Gasteiger partial charge in [-0.05, 0) is 61.4 Å². The van der Waals surface area contributed by atoms with Gasteiger partial charge in [-0.15, -0.1) is 0 Å². The average Bonchev–Trinajstić information content (AvgIpc) is 2.33. The number of fused-ring (bicyclic) bond motifs is 1. The quantitative estimate of drug-likeness (QED) is 0.875. The zero-order valence-corrected chi connectivity index (χ0v) is 12.3. The fourth-order valence-corrected chi connectivity index (χ4v) is 3.36. The summed E-state index contributed by atoms with van der Waals surface area (Å²) in [6.45, 7) is 9.89. The van der Waals surface area contributed by atoms with Gasteiger partial charge in [-0.3, -0.25) is 0 Å². The zero-order valence-electron chi connectivity index (χ0n) is 12.3. The molecule has 2 nitrogen and oxygen atoms in total. The van der Waals surface area contributed by atoms with E-state index in [1.165, 1.54) is 35.1 Å². The van der Waals surface area contributed by atoms with Gasteiger partial charge in [0.05, 0.1) is 7.11 Å². The van der Waals surface area contributed by atoms with E-state index >= 15 is 0 Å². The Morgan fingerprint density at radius 3 is 2.67 bits per heavy atom. The topological polar surface area (TPSA) is 21.3 Å². The molecule has 1 aromatic rings. The van der Waals surface area contributed by atoms with E-state index < -0.39 is 0 Å². The Hall–Kier alpha value is -1.02. The molecular formula is C16H25NO. The second-order valence-corrected chi connectivity index (χ2v) is 5.44. The van der Waals surface area contributed by atoms with E-state index in [1.54, 1.807) is 7.11 Å². The summed E-state index contributed by atoms with van der Waals surface area (Å²) >= 11 is 0. The van der Waals surface area contributed by atoms with Crippen LogP contribution in [0.3, 0.4) is 0 Å². The lowest BCUT2D eigenvalue weighted by Crippen LogP contribution is -2.27. The molecule has 100 valence electrons. The van der Waals surface area contributed by atoms with E-state index in [2.05, 4.69) is 39.1 Å². The lowest BCUT2D eigenvalue weighted by molar-refractivity contribution is 0.398. The summed E-state index contributed by atoms with van der Waals surface area (Å²) in [7, 11) is 1.77. The summed E-state index contributed by atoms with van der Waals surface area (Å²) in [5.41, 5.74) is 5.59. The van der Waals surface area contributed by atoms with Crippen molar-refractivity contribution in [2.75, 3.05) is 13.7 Å². The summed E-state index contributed by atoms with van der Waals surface area (Å²) < 4.78 is 5.58. The van der Waals surface area contributed by atoms with Crippen molar-refractivity contribution < 1.29 is 4.74 Å². The maximum absolute atomic E-state index is 5.58. The van der Waals surface area contributed by atoms with Crippen LogP contribution in [0.4, 0.5) is 0 Å². The number of benzene rings is 1. The van der Waals surface area contributed by atoms with Crippen LogP contribution in [0.1, 0.15) is 60.9 Å². The van der Waals surface area contributed by atoms with E-state index in [0.29, 0.717) is 12.0 Å². The second-order valence-electron chi connectivity index (χ2n) is 5.44. The maximum Gasteiger partial charge on any atom is 0.125 e. The molecule has 18 heavy (non-hydrogen) atoms. The van der Waals surface area contributed by atoms with Crippen LogP contribution in [0.5, 0.6) is 5.75 Å². The zero-order chi connectivity index (χ0) is 13.3. The summed E-state index contributed by atoms with van der Waals surface area (Å²) in [4.78, 5) is 0. The highest BCUT2D eigenvalue weighted by Gasteiger charge is 2.28. The first kappa shape index (κ1) is 13.4. The number of methoxy groups -OCH3 is 1. The molecule has 1 aliphatic rings. The minimum absolute atomic E-state index is 0.496. The molecular weight excluding hydrogens is 222 g/mol. The smallest absolute Gasteiger partial charge is 0.125 e. The van der Waals surface area contributed by atoms with Crippen LogP contribution in [-0.2, 0) is 0 Å². The van der Waals surface area contributed by atoms with E-state index in [4.69, 9.17) is 4.74 Å². The molecule has 0 fully saturated rings. The summed E-state index contributed by atoms with van der Waals surface area (Å²) in [5.74, 6) is 1.73. The molecule has 0 heterocycles. The highest BCUT2D eigenvalue weighted by atomic mass is 16.5. The molecule has 0 spiro atoms. The lowest BCUT2D eigenvalue weighted by Gasteiger charge is -2.33. The van der Waals surface area contributed by atoms with Crippen LogP contribution >= 0.6 is 0 Å². The molecule has 0 radical (unpaired) electrons. The van der Waals surface area contributed by atoms with E-state index in [9.17, 15) is 0 Å². The predicted octanol–water partition coefficient (Wildman–Crippen LogP) is 3.86. The van der Waals surface area contributed by atoms with Crippen LogP contribution < -0.4 is 10.1 Å². The number of rotatable bonds is 3.